The Bertz CT molecular complexity index is 1280. The van der Waals surface area contributed by atoms with Gasteiger partial charge in [0.2, 0.25) is 0 Å². The molecule has 11 nitrogen and oxygen atoms in total. The molecule has 1 amide bonds. The largest absolute Gasteiger partial charge is 0.394 e. The summed E-state index contributed by atoms with van der Waals surface area (Å²) in [6, 6.07) is 0.880. The van der Waals surface area contributed by atoms with E-state index >= 15 is 0 Å². The second kappa shape index (κ2) is 11.2. The van der Waals surface area contributed by atoms with Gasteiger partial charge in [-0.3, -0.25) is 4.79 Å². The van der Waals surface area contributed by atoms with E-state index in [4.69, 9.17) is 27.5 Å². The van der Waals surface area contributed by atoms with E-state index in [0.717, 1.165) is 11.8 Å². The zero-order chi connectivity index (χ0) is 26.0. The molecule has 36 heavy (non-hydrogen) atoms. The predicted octanol–water partition coefficient (Wildman–Crippen LogP) is 1.56. The van der Waals surface area contributed by atoms with Crippen molar-refractivity contribution in [1.29, 1.82) is 0 Å². The molecule has 1 fully saturated rings. The molecule has 3 aromatic heterocycles. The topological polar surface area (TPSA) is 136 Å². The quantitative estimate of drug-likeness (QED) is 0.417. The van der Waals surface area contributed by atoms with Gasteiger partial charge in [0.1, 0.15) is 51.3 Å². The Labute approximate surface area is 220 Å². The van der Waals surface area contributed by atoms with Gasteiger partial charge < -0.3 is 24.6 Å². The van der Waals surface area contributed by atoms with E-state index in [1.807, 2.05) is 0 Å². The first kappa shape index (κ1) is 26.5. The number of aliphatic hydroxyl groups excluding tert-OH is 2. The van der Waals surface area contributed by atoms with Gasteiger partial charge in [0.15, 0.2) is 0 Å². The van der Waals surface area contributed by atoms with Crippen LogP contribution in [-0.4, -0.2) is 97.5 Å². The van der Waals surface area contributed by atoms with Gasteiger partial charge in [-0.15, -0.1) is 22.9 Å². The summed E-state index contributed by atoms with van der Waals surface area (Å²) in [5.41, 5.74) is 0.367. The fraction of sp³-hybridized carbons (Fsp3) is 0.409. The van der Waals surface area contributed by atoms with Crippen LogP contribution < -0.4 is 0 Å². The van der Waals surface area contributed by atoms with E-state index in [1.54, 1.807) is 31.7 Å². The number of rotatable bonds is 7. The number of thioether (sulfide) groups is 1. The maximum atomic E-state index is 12.8. The van der Waals surface area contributed by atoms with Crippen molar-refractivity contribution < 1.29 is 24.5 Å². The van der Waals surface area contributed by atoms with Gasteiger partial charge in [0.05, 0.1) is 12.8 Å². The molecule has 0 radical (unpaired) electrons. The number of methoxy groups -OCH3 is 1. The summed E-state index contributed by atoms with van der Waals surface area (Å²) in [6.07, 6.45) is 5.72. The standard InChI is InChI=1S/C22H23ClN6O5S2/c1-5-11-6-14(16(24-7-11)21(32)28(2)3)36-22-19(33-4)17(18(31)13(9-30)34-22)29-8-12(26-27-29)20-25-15(23)10-35-20/h1,6-8,10,13,17-19,22,30-31H,9H2,2-4H3/t13?,17-,18-,19?,22+/m0/s1. The molecule has 0 spiro atoms. The summed E-state index contributed by atoms with van der Waals surface area (Å²) < 4.78 is 13.2. The Morgan fingerprint density at radius 3 is 2.86 bits per heavy atom. The van der Waals surface area contributed by atoms with Crippen molar-refractivity contribution in [2.45, 2.75) is 34.7 Å². The van der Waals surface area contributed by atoms with Crippen LogP contribution in [0.5, 0.6) is 0 Å². The minimum absolute atomic E-state index is 0.189. The zero-order valence-corrected chi connectivity index (χ0v) is 21.9. The lowest BCUT2D eigenvalue weighted by Gasteiger charge is -2.43. The summed E-state index contributed by atoms with van der Waals surface area (Å²) in [6.45, 7) is -0.457. The van der Waals surface area contributed by atoms with E-state index in [0.29, 0.717) is 26.3 Å². The minimum atomic E-state index is -1.18. The Hall–Kier alpha value is -2.57. The second-order valence-electron chi connectivity index (χ2n) is 8.00. The molecular weight excluding hydrogens is 528 g/mol. The molecule has 0 aromatic carbocycles. The molecule has 5 atom stereocenters. The number of aliphatic hydroxyl groups is 2. The molecule has 2 unspecified atom stereocenters. The average Bonchev–Trinajstić information content (AvgIpc) is 3.53. The van der Waals surface area contributed by atoms with Crippen LogP contribution in [0.4, 0.5) is 0 Å². The summed E-state index contributed by atoms with van der Waals surface area (Å²) in [7, 11) is 4.71. The highest BCUT2D eigenvalue weighted by Crippen LogP contribution is 2.40. The van der Waals surface area contributed by atoms with Crippen LogP contribution in [0.1, 0.15) is 22.1 Å². The predicted molar refractivity (Wildman–Crippen MR) is 134 cm³/mol. The zero-order valence-electron chi connectivity index (χ0n) is 19.5. The van der Waals surface area contributed by atoms with Crippen LogP contribution in [0.3, 0.4) is 0 Å². The smallest absolute Gasteiger partial charge is 0.273 e. The van der Waals surface area contributed by atoms with Crippen molar-refractivity contribution in [3.63, 3.8) is 0 Å². The lowest BCUT2D eigenvalue weighted by atomic mass is 9.97. The number of carbonyl (C=O) groups is 1. The Morgan fingerprint density at radius 2 is 2.25 bits per heavy atom. The molecule has 190 valence electrons. The van der Waals surface area contributed by atoms with Gasteiger partial charge in [0, 0.05) is 43.2 Å². The summed E-state index contributed by atoms with van der Waals surface area (Å²) in [5, 5.41) is 31.9. The van der Waals surface area contributed by atoms with E-state index in [-0.39, 0.29) is 11.6 Å². The van der Waals surface area contributed by atoms with Crippen molar-refractivity contribution in [2.24, 2.45) is 0 Å². The maximum absolute atomic E-state index is 12.8. The first-order chi connectivity index (χ1) is 17.3. The molecule has 4 rings (SSSR count). The number of terminal acetylenes is 1. The molecule has 0 bridgehead atoms. The fourth-order valence-corrected chi connectivity index (χ4v) is 5.91. The summed E-state index contributed by atoms with van der Waals surface area (Å²) >= 11 is 8.41. The third kappa shape index (κ3) is 5.25. The summed E-state index contributed by atoms with van der Waals surface area (Å²) in [4.78, 5) is 23.1. The van der Waals surface area contributed by atoms with E-state index < -0.39 is 36.4 Å². The minimum Gasteiger partial charge on any atom is -0.394 e. The Kier molecular flexibility index (Phi) is 8.26. The number of aromatic nitrogens is 5. The molecule has 0 saturated carbocycles. The van der Waals surface area contributed by atoms with Crippen molar-refractivity contribution >= 4 is 40.6 Å². The lowest BCUT2D eigenvalue weighted by molar-refractivity contribution is -0.186. The number of pyridine rings is 1. The maximum Gasteiger partial charge on any atom is 0.273 e. The number of amides is 1. The van der Waals surface area contributed by atoms with Gasteiger partial charge in [0.25, 0.3) is 5.91 Å². The van der Waals surface area contributed by atoms with Gasteiger partial charge >= 0.3 is 0 Å². The van der Waals surface area contributed by atoms with Crippen LogP contribution in [0.2, 0.25) is 5.15 Å². The number of hydrogen-bond acceptors (Lipinski definition) is 11. The Morgan fingerprint density at radius 1 is 1.47 bits per heavy atom. The molecule has 1 aliphatic rings. The van der Waals surface area contributed by atoms with Crippen LogP contribution in [0.15, 0.2) is 28.7 Å². The van der Waals surface area contributed by atoms with Gasteiger partial charge in [-0.2, -0.15) is 0 Å². The average molecular weight is 551 g/mol. The van der Waals surface area contributed by atoms with Crippen LogP contribution in [0.25, 0.3) is 10.7 Å². The van der Waals surface area contributed by atoms with Crippen LogP contribution in [-0.2, 0) is 9.47 Å². The summed E-state index contributed by atoms with van der Waals surface area (Å²) in [5.74, 6) is 2.20. The highest BCUT2D eigenvalue weighted by Gasteiger charge is 2.48. The molecule has 14 heteroatoms. The third-order valence-corrected chi connectivity index (χ3v) is 7.84. The molecule has 2 N–H and O–H groups in total. The first-order valence-electron chi connectivity index (χ1n) is 10.6. The molecule has 4 heterocycles. The number of nitrogens with zero attached hydrogens (tertiary/aromatic N) is 6. The second-order valence-corrected chi connectivity index (χ2v) is 10.4. The highest BCUT2D eigenvalue weighted by atomic mass is 35.5. The Balaban J connectivity index is 1.70. The van der Waals surface area contributed by atoms with E-state index in [2.05, 4.69) is 26.2 Å². The van der Waals surface area contributed by atoms with Crippen LogP contribution in [0, 0.1) is 12.3 Å². The molecule has 0 aliphatic carbocycles. The molecule has 1 aliphatic heterocycles. The van der Waals surface area contributed by atoms with Crippen molar-refractivity contribution in [2.75, 3.05) is 27.8 Å². The van der Waals surface area contributed by atoms with Crippen molar-refractivity contribution in [3.8, 4) is 23.0 Å². The number of thiazole rings is 1. The lowest BCUT2D eigenvalue weighted by Crippen LogP contribution is -2.55. The van der Waals surface area contributed by atoms with E-state index in [9.17, 15) is 15.0 Å². The molecular formula is C22H23ClN6O5S2. The normalized spacial score (nSPS) is 23.9. The van der Waals surface area contributed by atoms with Crippen LogP contribution >= 0.6 is 34.7 Å². The fourth-order valence-electron chi connectivity index (χ4n) is 3.71. The van der Waals surface area contributed by atoms with Gasteiger partial charge in [-0.1, -0.05) is 34.5 Å². The van der Waals surface area contributed by atoms with Crippen molar-refractivity contribution in [3.05, 3.63) is 40.3 Å². The SMILES string of the molecule is C#Cc1cnc(C(=O)N(C)C)c(S[C@H]2OC(CO)[C@H](O)[C@H](n3cc(-c4nc(Cl)cs4)nn3)C2OC)c1. The first-order valence-corrected chi connectivity index (χ1v) is 12.8. The number of hydrogen-bond donors (Lipinski definition) is 2. The molecule has 3 aromatic rings. The number of ether oxygens (including phenoxy) is 2. The van der Waals surface area contributed by atoms with Gasteiger partial charge in [-0.25, -0.2) is 14.6 Å². The molecule has 1 saturated heterocycles. The number of halogens is 1. The number of carbonyl (C=O) groups excluding carboxylic acids is 1. The third-order valence-electron chi connectivity index (χ3n) is 5.48. The van der Waals surface area contributed by atoms with Gasteiger partial charge in [-0.05, 0) is 6.07 Å². The van der Waals surface area contributed by atoms with Crippen molar-refractivity contribution in [1.82, 2.24) is 29.9 Å². The van der Waals surface area contributed by atoms with E-state index in [1.165, 1.54) is 34.2 Å². The monoisotopic (exact) mass is 550 g/mol. The highest BCUT2D eigenvalue weighted by molar-refractivity contribution is 8.00.